The summed E-state index contributed by atoms with van der Waals surface area (Å²) in [5, 5.41) is 14.7. The average Bonchev–Trinajstić information content (AvgIpc) is 2.54. The molecule has 0 aromatic heterocycles. The van der Waals surface area contributed by atoms with Crippen LogP contribution in [0.4, 0.5) is 10.5 Å². The quantitative estimate of drug-likeness (QED) is 0.829. The number of benzene rings is 1. The van der Waals surface area contributed by atoms with E-state index in [-0.39, 0.29) is 30.6 Å². The lowest BCUT2D eigenvalue weighted by Gasteiger charge is -2.43. The second-order valence-corrected chi connectivity index (χ2v) is 5.78. The summed E-state index contributed by atoms with van der Waals surface area (Å²) in [5.74, 6) is -0.107. The highest BCUT2D eigenvalue weighted by Gasteiger charge is 2.38. The summed E-state index contributed by atoms with van der Waals surface area (Å²) in [5.41, 5.74) is 1.06. The molecule has 6 nitrogen and oxygen atoms in total. The van der Waals surface area contributed by atoms with Gasteiger partial charge in [0.1, 0.15) is 6.54 Å². The van der Waals surface area contributed by atoms with E-state index in [1.165, 1.54) is 0 Å². The van der Waals surface area contributed by atoms with Crippen molar-refractivity contribution < 1.29 is 9.59 Å². The average molecular weight is 298 g/mol. The molecule has 3 rings (SSSR count). The monoisotopic (exact) mass is 298 g/mol. The van der Waals surface area contributed by atoms with E-state index in [2.05, 4.69) is 10.6 Å². The summed E-state index contributed by atoms with van der Waals surface area (Å²) in [4.78, 5) is 26.0. The fraction of sp³-hybridized carbons (Fsp3) is 0.438. The van der Waals surface area contributed by atoms with Gasteiger partial charge in [0.2, 0.25) is 5.91 Å². The number of anilines is 1. The lowest BCUT2D eigenvalue weighted by Crippen LogP contribution is -2.63. The summed E-state index contributed by atoms with van der Waals surface area (Å²) < 4.78 is 0. The van der Waals surface area contributed by atoms with Crippen molar-refractivity contribution in [3.63, 3.8) is 0 Å². The molecule has 1 saturated carbocycles. The van der Waals surface area contributed by atoms with Crippen molar-refractivity contribution in [3.8, 4) is 6.07 Å². The minimum Gasteiger partial charge on any atom is -0.350 e. The molecule has 2 atom stereocenters. The van der Waals surface area contributed by atoms with Crippen molar-refractivity contribution in [1.82, 2.24) is 10.2 Å². The number of piperazine rings is 1. The maximum absolute atomic E-state index is 12.5. The standard InChI is InChI=1S/C16H18N4O2/c17-9-11-4-3-5-12(8-11)18-16(22)20-10-15(21)19-13-6-1-2-7-14(13)20/h3-5,8,13-14H,1-2,6-7,10H2,(H,18,22)(H,19,21)/t13-,14-/m0/s1. The molecule has 0 unspecified atom stereocenters. The van der Waals surface area contributed by atoms with Gasteiger partial charge in [-0.1, -0.05) is 18.9 Å². The fourth-order valence-corrected chi connectivity index (χ4v) is 3.26. The van der Waals surface area contributed by atoms with Crippen LogP contribution in [0.1, 0.15) is 31.2 Å². The summed E-state index contributed by atoms with van der Waals surface area (Å²) in [6, 6.07) is 8.66. The molecule has 1 aliphatic heterocycles. The number of nitriles is 1. The maximum Gasteiger partial charge on any atom is 0.322 e. The first-order valence-corrected chi connectivity index (χ1v) is 7.54. The first kappa shape index (κ1) is 14.4. The number of fused-ring (bicyclic) bond motifs is 1. The van der Waals surface area contributed by atoms with Gasteiger partial charge in [-0.25, -0.2) is 4.79 Å². The van der Waals surface area contributed by atoms with Crippen molar-refractivity contribution in [2.75, 3.05) is 11.9 Å². The highest BCUT2D eigenvalue weighted by atomic mass is 16.2. The Morgan fingerprint density at radius 2 is 2.18 bits per heavy atom. The molecule has 1 heterocycles. The molecule has 2 N–H and O–H groups in total. The number of rotatable bonds is 1. The van der Waals surface area contributed by atoms with Crippen LogP contribution >= 0.6 is 0 Å². The van der Waals surface area contributed by atoms with Crippen LogP contribution in [0, 0.1) is 11.3 Å². The highest BCUT2D eigenvalue weighted by molar-refractivity contribution is 5.93. The number of hydrogen-bond acceptors (Lipinski definition) is 3. The van der Waals surface area contributed by atoms with Crippen LogP contribution in [0.5, 0.6) is 0 Å². The van der Waals surface area contributed by atoms with Gasteiger partial charge in [0, 0.05) is 11.7 Å². The molecule has 3 amide bonds. The Bertz CT molecular complexity index is 637. The predicted octanol–water partition coefficient (Wildman–Crippen LogP) is 1.83. The maximum atomic E-state index is 12.5. The topological polar surface area (TPSA) is 85.2 Å². The molecule has 114 valence electrons. The largest absolute Gasteiger partial charge is 0.350 e. The second-order valence-electron chi connectivity index (χ2n) is 5.78. The first-order chi connectivity index (χ1) is 10.7. The van der Waals surface area contributed by atoms with Gasteiger partial charge in [0.15, 0.2) is 0 Å². The Morgan fingerprint density at radius 3 is 3.00 bits per heavy atom. The molecule has 2 fully saturated rings. The molecule has 1 aromatic rings. The molecular weight excluding hydrogens is 280 g/mol. The third-order valence-corrected chi connectivity index (χ3v) is 4.29. The van der Waals surface area contributed by atoms with Gasteiger partial charge in [-0.15, -0.1) is 0 Å². The van der Waals surface area contributed by atoms with Gasteiger partial charge >= 0.3 is 6.03 Å². The fourth-order valence-electron chi connectivity index (χ4n) is 3.26. The Balaban J connectivity index is 1.75. The number of hydrogen-bond donors (Lipinski definition) is 2. The SMILES string of the molecule is N#Cc1cccc(NC(=O)N2CC(=O)N[C@H]3CCCC[C@@H]32)c1. The van der Waals surface area contributed by atoms with E-state index in [0.717, 1.165) is 25.7 Å². The lowest BCUT2D eigenvalue weighted by molar-refractivity contribution is -0.126. The van der Waals surface area contributed by atoms with Crippen molar-refractivity contribution in [3.05, 3.63) is 29.8 Å². The van der Waals surface area contributed by atoms with Crippen molar-refractivity contribution in [1.29, 1.82) is 5.26 Å². The van der Waals surface area contributed by atoms with E-state index in [0.29, 0.717) is 11.3 Å². The summed E-state index contributed by atoms with van der Waals surface area (Å²) in [6.45, 7) is 0.0882. The number of carbonyl (C=O) groups is 2. The van der Waals surface area contributed by atoms with Gasteiger partial charge in [-0.3, -0.25) is 4.79 Å². The molecule has 1 saturated heterocycles. The molecular formula is C16H18N4O2. The van der Waals surface area contributed by atoms with Crippen LogP contribution in [0.2, 0.25) is 0 Å². The van der Waals surface area contributed by atoms with E-state index in [1.807, 2.05) is 6.07 Å². The normalized spacial score (nSPS) is 24.0. The Hall–Kier alpha value is -2.55. The zero-order valence-electron chi connectivity index (χ0n) is 12.2. The van der Waals surface area contributed by atoms with E-state index in [1.54, 1.807) is 29.2 Å². The Kier molecular flexibility index (Phi) is 3.96. The van der Waals surface area contributed by atoms with Gasteiger partial charge in [-0.05, 0) is 31.0 Å². The minimum atomic E-state index is -0.276. The smallest absolute Gasteiger partial charge is 0.322 e. The molecule has 6 heteroatoms. The molecule has 0 spiro atoms. The highest BCUT2D eigenvalue weighted by Crippen LogP contribution is 2.26. The van der Waals surface area contributed by atoms with Crippen molar-refractivity contribution in [2.24, 2.45) is 0 Å². The molecule has 2 aliphatic rings. The van der Waals surface area contributed by atoms with Crippen LogP contribution < -0.4 is 10.6 Å². The van der Waals surface area contributed by atoms with Gasteiger partial charge in [-0.2, -0.15) is 5.26 Å². The summed E-state index contributed by atoms with van der Waals surface area (Å²) >= 11 is 0. The van der Waals surface area contributed by atoms with E-state index in [4.69, 9.17) is 5.26 Å². The lowest BCUT2D eigenvalue weighted by atomic mass is 9.87. The Labute approximate surface area is 129 Å². The Morgan fingerprint density at radius 1 is 1.36 bits per heavy atom. The zero-order chi connectivity index (χ0) is 15.5. The van der Waals surface area contributed by atoms with Crippen molar-refractivity contribution in [2.45, 2.75) is 37.8 Å². The number of urea groups is 1. The third kappa shape index (κ3) is 2.89. The number of carbonyl (C=O) groups excluding carboxylic acids is 2. The van der Waals surface area contributed by atoms with Crippen LogP contribution in [-0.4, -0.2) is 35.5 Å². The summed E-state index contributed by atoms with van der Waals surface area (Å²) in [6.07, 6.45) is 3.99. The van der Waals surface area contributed by atoms with Crippen LogP contribution in [0.25, 0.3) is 0 Å². The van der Waals surface area contributed by atoms with Gasteiger partial charge < -0.3 is 15.5 Å². The van der Waals surface area contributed by atoms with Crippen LogP contribution in [0.3, 0.4) is 0 Å². The van der Waals surface area contributed by atoms with Crippen molar-refractivity contribution >= 4 is 17.6 Å². The van der Waals surface area contributed by atoms with Gasteiger partial charge in [0.25, 0.3) is 0 Å². The zero-order valence-corrected chi connectivity index (χ0v) is 12.2. The number of nitrogens with zero attached hydrogens (tertiary/aromatic N) is 2. The number of nitrogens with one attached hydrogen (secondary N) is 2. The third-order valence-electron chi connectivity index (χ3n) is 4.29. The molecule has 22 heavy (non-hydrogen) atoms. The molecule has 0 radical (unpaired) electrons. The minimum absolute atomic E-state index is 0.0607. The number of amides is 3. The van der Waals surface area contributed by atoms with Crippen LogP contribution in [0.15, 0.2) is 24.3 Å². The molecule has 1 aromatic carbocycles. The van der Waals surface area contributed by atoms with E-state index < -0.39 is 0 Å². The first-order valence-electron chi connectivity index (χ1n) is 7.54. The van der Waals surface area contributed by atoms with Gasteiger partial charge in [0.05, 0.1) is 17.7 Å². The van der Waals surface area contributed by atoms with Crippen LogP contribution in [-0.2, 0) is 4.79 Å². The molecule has 0 bridgehead atoms. The second kappa shape index (κ2) is 6.06. The molecule has 1 aliphatic carbocycles. The van der Waals surface area contributed by atoms with E-state index >= 15 is 0 Å². The predicted molar refractivity (Wildman–Crippen MR) is 81.1 cm³/mol. The van der Waals surface area contributed by atoms with E-state index in [9.17, 15) is 9.59 Å². The summed E-state index contributed by atoms with van der Waals surface area (Å²) in [7, 11) is 0.